The normalized spacial score (nSPS) is 22.9. The lowest BCUT2D eigenvalue weighted by Crippen LogP contribution is -2.39. The highest BCUT2D eigenvalue weighted by Crippen LogP contribution is 2.33. The highest BCUT2D eigenvalue weighted by atomic mass is 16.4. The second-order valence-electron chi connectivity index (χ2n) is 5.26. The number of hydrogen-bond donors (Lipinski definition) is 2. The van der Waals surface area contributed by atoms with E-state index in [1.807, 2.05) is 11.8 Å². The van der Waals surface area contributed by atoms with Crippen molar-refractivity contribution in [1.82, 2.24) is 10.2 Å². The number of carbonyl (C=O) groups excluding carboxylic acids is 1. The molecule has 0 aromatic carbocycles. The van der Waals surface area contributed by atoms with Crippen molar-refractivity contribution in [1.29, 1.82) is 0 Å². The van der Waals surface area contributed by atoms with Gasteiger partial charge in [-0.15, -0.1) is 0 Å². The molecule has 0 radical (unpaired) electrons. The van der Waals surface area contributed by atoms with Crippen molar-refractivity contribution in [3.63, 3.8) is 0 Å². The summed E-state index contributed by atoms with van der Waals surface area (Å²) in [5.41, 5.74) is -0.693. The van der Waals surface area contributed by atoms with E-state index in [0.717, 1.165) is 0 Å². The average molecular weight is 280 g/mol. The van der Waals surface area contributed by atoms with Crippen molar-refractivity contribution < 1.29 is 19.1 Å². The van der Waals surface area contributed by atoms with E-state index >= 15 is 0 Å². The van der Waals surface area contributed by atoms with Gasteiger partial charge in [0.1, 0.15) is 5.76 Å². The Morgan fingerprint density at radius 3 is 2.90 bits per heavy atom. The molecule has 1 atom stereocenters. The molecule has 0 bridgehead atoms. The third kappa shape index (κ3) is 3.19. The number of carboxylic acids is 1. The minimum absolute atomic E-state index is 0.112. The number of carboxylic acid groups (broad SMARTS) is 1. The first-order valence-corrected chi connectivity index (χ1v) is 6.80. The van der Waals surface area contributed by atoms with Gasteiger partial charge in [-0.2, -0.15) is 0 Å². The molecule has 1 saturated heterocycles. The number of hydrogen-bond acceptors (Lipinski definition) is 4. The summed E-state index contributed by atoms with van der Waals surface area (Å²) in [7, 11) is 0. The zero-order valence-corrected chi connectivity index (χ0v) is 11.6. The number of carbonyl (C=O) groups is 2. The monoisotopic (exact) mass is 280 g/mol. The lowest BCUT2D eigenvalue weighted by molar-refractivity contribution is -0.148. The van der Waals surface area contributed by atoms with E-state index in [1.54, 1.807) is 18.4 Å². The SMILES string of the molecule is CCC1(C(=O)O)CCN(CC(=O)NCc2ccco2)C1. The fourth-order valence-electron chi connectivity index (χ4n) is 2.57. The molecule has 1 amide bonds. The lowest BCUT2D eigenvalue weighted by atomic mass is 9.84. The predicted molar refractivity (Wildman–Crippen MR) is 72.0 cm³/mol. The summed E-state index contributed by atoms with van der Waals surface area (Å²) in [5, 5.41) is 12.1. The van der Waals surface area contributed by atoms with Gasteiger partial charge in [-0.05, 0) is 31.5 Å². The van der Waals surface area contributed by atoms with Crippen molar-refractivity contribution >= 4 is 11.9 Å². The molecule has 2 heterocycles. The summed E-state index contributed by atoms with van der Waals surface area (Å²) in [6, 6.07) is 3.56. The minimum atomic E-state index is -0.765. The van der Waals surface area contributed by atoms with Gasteiger partial charge in [-0.25, -0.2) is 0 Å². The molecule has 0 saturated carbocycles. The van der Waals surface area contributed by atoms with Crippen LogP contribution >= 0.6 is 0 Å². The second-order valence-corrected chi connectivity index (χ2v) is 5.26. The average Bonchev–Trinajstić information content (AvgIpc) is 3.06. The highest BCUT2D eigenvalue weighted by Gasteiger charge is 2.43. The zero-order chi connectivity index (χ0) is 14.6. The molecule has 2 rings (SSSR count). The van der Waals surface area contributed by atoms with Gasteiger partial charge in [-0.1, -0.05) is 6.92 Å². The van der Waals surface area contributed by atoms with Crippen LogP contribution in [0.2, 0.25) is 0 Å². The van der Waals surface area contributed by atoms with Gasteiger partial charge in [0.15, 0.2) is 0 Å². The van der Waals surface area contributed by atoms with E-state index in [9.17, 15) is 14.7 Å². The number of amides is 1. The fraction of sp³-hybridized carbons (Fsp3) is 0.571. The molecule has 0 aliphatic carbocycles. The number of aliphatic carboxylic acids is 1. The molecular formula is C14H20N2O4. The number of furan rings is 1. The first-order chi connectivity index (χ1) is 9.55. The lowest BCUT2D eigenvalue weighted by Gasteiger charge is -2.22. The molecule has 2 N–H and O–H groups in total. The van der Waals surface area contributed by atoms with E-state index in [0.29, 0.717) is 38.2 Å². The molecule has 1 aromatic heterocycles. The zero-order valence-electron chi connectivity index (χ0n) is 11.6. The third-order valence-electron chi connectivity index (χ3n) is 3.97. The van der Waals surface area contributed by atoms with Crippen LogP contribution in [0, 0.1) is 5.41 Å². The molecule has 1 aromatic rings. The van der Waals surface area contributed by atoms with Crippen molar-refractivity contribution in [2.45, 2.75) is 26.3 Å². The Morgan fingerprint density at radius 2 is 2.35 bits per heavy atom. The number of likely N-dealkylation sites (tertiary alicyclic amines) is 1. The molecule has 1 fully saturated rings. The van der Waals surface area contributed by atoms with Crippen LogP contribution < -0.4 is 5.32 Å². The molecule has 1 aliphatic rings. The summed E-state index contributed by atoms with van der Waals surface area (Å²) in [6.07, 6.45) is 2.75. The molecule has 110 valence electrons. The Labute approximate surface area is 117 Å². The van der Waals surface area contributed by atoms with E-state index in [-0.39, 0.29) is 12.5 Å². The fourth-order valence-corrected chi connectivity index (χ4v) is 2.57. The summed E-state index contributed by atoms with van der Waals surface area (Å²) >= 11 is 0. The van der Waals surface area contributed by atoms with Gasteiger partial charge < -0.3 is 14.8 Å². The number of nitrogens with zero attached hydrogens (tertiary/aromatic N) is 1. The van der Waals surface area contributed by atoms with Crippen LogP contribution in [-0.2, 0) is 16.1 Å². The summed E-state index contributed by atoms with van der Waals surface area (Å²) in [5.74, 6) is -0.176. The highest BCUT2D eigenvalue weighted by molar-refractivity contribution is 5.79. The maximum atomic E-state index is 11.8. The van der Waals surface area contributed by atoms with Crippen LogP contribution in [0.4, 0.5) is 0 Å². The Morgan fingerprint density at radius 1 is 1.55 bits per heavy atom. The second kappa shape index (κ2) is 6.09. The first-order valence-electron chi connectivity index (χ1n) is 6.80. The van der Waals surface area contributed by atoms with Crippen LogP contribution in [0.1, 0.15) is 25.5 Å². The molecule has 1 unspecified atom stereocenters. The maximum absolute atomic E-state index is 11.8. The van der Waals surface area contributed by atoms with Crippen molar-refractivity contribution in [2.75, 3.05) is 19.6 Å². The molecule has 6 nitrogen and oxygen atoms in total. The standard InChI is InChI=1S/C14H20N2O4/c1-2-14(13(18)19)5-6-16(10-14)9-12(17)15-8-11-4-3-7-20-11/h3-4,7H,2,5-6,8-10H2,1H3,(H,15,17)(H,18,19). The topological polar surface area (TPSA) is 82.8 Å². The summed E-state index contributed by atoms with van der Waals surface area (Å²) < 4.78 is 5.13. The molecule has 6 heteroatoms. The Bertz CT molecular complexity index is 472. The summed E-state index contributed by atoms with van der Waals surface area (Å²) in [4.78, 5) is 25.0. The molecule has 0 spiro atoms. The van der Waals surface area contributed by atoms with Crippen LogP contribution in [0.3, 0.4) is 0 Å². The minimum Gasteiger partial charge on any atom is -0.481 e. The van der Waals surface area contributed by atoms with Crippen LogP contribution in [0.25, 0.3) is 0 Å². The quantitative estimate of drug-likeness (QED) is 0.815. The van der Waals surface area contributed by atoms with Gasteiger partial charge in [-0.3, -0.25) is 14.5 Å². The van der Waals surface area contributed by atoms with Crippen LogP contribution in [-0.4, -0.2) is 41.5 Å². The van der Waals surface area contributed by atoms with E-state index < -0.39 is 11.4 Å². The first kappa shape index (κ1) is 14.6. The van der Waals surface area contributed by atoms with Gasteiger partial charge >= 0.3 is 5.97 Å². The van der Waals surface area contributed by atoms with Crippen molar-refractivity contribution in [2.24, 2.45) is 5.41 Å². The summed E-state index contributed by atoms with van der Waals surface area (Å²) in [6.45, 7) is 3.56. The van der Waals surface area contributed by atoms with Crippen molar-refractivity contribution in [3.05, 3.63) is 24.2 Å². The van der Waals surface area contributed by atoms with Crippen LogP contribution in [0.5, 0.6) is 0 Å². The van der Waals surface area contributed by atoms with E-state index in [4.69, 9.17) is 4.42 Å². The molecule has 1 aliphatic heterocycles. The van der Waals surface area contributed by atoms with Gasteiger partial charge in [0.2, 0.25) is 5.91 Å². The molecular weight excluding hydrogens is 260 g/mol. The Balaban J connectivity index is 1.79. The smallest absolute Gasteiger partial charge is 0.310 e. The number of nitrogens with one attached hydrogen (secondary N) is 1. The van der Waals surface area contributed by atoms with Gasteiger partial charge in [0.05, 0.1) is 24.8 Å². The van der Waals surface area contributed by atoms with Crippen molar-refractivity contribution in [3.8, 4) is 0 Å². The Hall–Kier alpha value is -1.82. The maximum Gasteiger partial charge on any atom is 0.310 e. The van der Waals surface area contributed by atoms with Gasteiger partial charge in [0.25, 0.3) is 0 Å². The molecule has 20 heavy (non-hydrogen) atoms. The van der Waals surface area contributed by atoms with E-state index in [1.165, 1.54) is 0 Å². The third-order valence-corrected chi connectivity index (χ3v) is 3.97. The van der Waals surface area contributed by atoms with E-state index in [2.05, 4.69) is 5.32 Å². The van der Waals surface area contributed by atoms with Crippen LogP contribution in [0.15, 0.2) is 22.8 Å². The Kier molecular flexibility index (Phi) is 4.44. The van der Waals surface area contributed by atoms with Gasteiger partial charge in [0, 0.05) is 6.54 Å². The largest absolute Gasteiger partial charge is 0.481 e. The predicted octanol–water partition coefficient (Wildman–Crippen LogP) is 1.08. The number of rotatable bonds is 6.